The first-order valence-electron chi connectivity index (χ1n) is 6.85. The minimum absolute atomic E-state index is 0.0778. The summed E-state index contributed by atoms with van der Waals surface area (Å²) in [5, 5.41) is 14.1. The second kappa shape index (κ2) is 6.56. The molecule has 1 aromatic carbocycles. The number of nitrogens with zero attached hydrogens (tertiary/aromatic N) is 2. The first-order valence-corrected chi connectivity index (χ1v) is 6.85. The Labute approximate surface area is 118 Å². The third kappa shape index (κ3) is 3.60. The standard InChI is InChI=1S/C14H21N3O3/c1-16-7-3-4-11(10-16)9-15-13-8-12(17(18)19)5-6-14(13)20-2/h5-6,8,11,15H,3-4,7,9-10H2,1-2H3. The predicted molar refractivity (Wildman–Crippen MR) is 78.4 cm³/mol. The van der Waals surface area contributed by atoms with Crippen molar-refractivity contribution < 1.29 is 9.66 Å². The van der Waals surface area contributed by atoms with E-state index in [2.05, 4.69) is 17.3 Å². The number of non-ortho nitro benzene ring substituents is 1. The summed E-state index contributed by atoms with van der Waals surface area (Å²) < 4.78 is 5.25. The molecule has 1 saturated heterocycles. The average Bonchev–Trinajstić information content (AvgIpc) is 2.44. The van der Waals surface area contributed by atoms with Gasteiger partial charge in [0.2, 0.25) is 0 Å². The van der Waals surface area contributed by atoms with Crippen LogP contribution < -0.4 is 10.1 Å². The van der Waals surface area contributed by atoms with Gasteiger partial charge in [0.05, 0.1) is 17.7 Å². The molecule has 0 radical (unpaired) electrons. The normalized spacial score (nSPS) is 19.6. The fourth-order valence-electron chi connectivity index (χ4n) is 2.64. The van der Waals surface area contributed by atoms with Crippen LogP contribution in [0.25, 0.3) is 0 Å². The fourth-order valence-corrected chi connectivity index (χ4v) is 2.64. The molecule has 1 N–H and O–H groups in total. The quantitative estimate of drug-likeness (QED) is 0.662. The first-order chi connectivity index (χ1) is 9.60. The summed E-state index contributed by atoms with van der Waals surface area (Å²) in [7, 11) is 3.70. The molecule has 1 aliphatic rings. The SMILES string of the molecule is COc1ccc([N+](=O)[O-])cc1NCC1CCCN(C)C1. The Morgan fingerprint density at radius 3 is 3.00 bits per heavy atom. The van der Waals surface area contributed by atoms with Crippen LogP contribution >= 0.6 is 0 Å². The number of rotatable bonds is 5. The van der Waals surface area contributed by atoms with E-state index >= 15 is 0 Å². The van der Waals surface area contributed by atoms with Gasteiger partial charge in [-0.25, -0.2) is 0 Å². The summed E-state index contributed by atoms with van der Waals surface area (Å²) in [5.74, 6) is 1.21. The van der Waals surface area contributed by atoms with E-state index < -0.39 is 0 Å². The lowest BCUT2D eigenvalue weighted by molar-refractivity contribution is -0.384. The number of methoxy groups -OCH3 is 1. The monoisotopic (exact) mass is 279 g/mol. The third-order valence-corrected chi connectivity index (χ3v) is 3.70. The summed E-state index contributed by atoms with van der Waals surface area (Å²) in [5.41, 5.74) is 0.768. The number of ether oxygens (including phenoxy) is 1. The summed E-state index contributed by atoms with van der Waals surface area (Å²) >= 11 is 0. The average molecular weight is 279 g/mol. The zero-order valence-electron chi connectivity index (χ0n) is 12.0. The Morgan fingerprint density at radius 2 is 2.35 bits per heavy atom. The van der Waals surface area contributed by atoms with Gasteiger partial charge in [-0.05, 0) is 38.4 Å². The first kappa shape index (κ1) is 14.6. The van der Waals surface area contributed by atoms with Crippen LogP contribution in [0.4, 0.5) is 11.4 Å². The van der Waals surface area contributed by atoms with Crippen molar-refractivity contribution in [2.75, 3.05) is 39.1 Å². The Hall–Kier alpha value is -1.82. The number of nitro benzene ring substituents is 1. The molecule has 6 heteroatoms. The Morgan fingerprint density at radius 1 is 1.55 bits per heavy atom. The Kier molecular flexibility index (Phi) is 4.79. The highest BCUT2D eigenvalue weighted by Crippen LogP contribution is 2.29. The number of likely N-dealkylation sites (tertiary alicyclic amines) is 1. The van der Waals surface area contributed by atoms with Gasteiger partial charge in [0.1, 0.15) is 5.75 Å². The van der Waals surface area contributed by atoms with Crippen molar-refractivity contribution in [3.63, 3.8) is 0 Å². The smallest absolute Gasteiger partial charge is 0.271 e. The molecule has 0 aromatic heterocycles. The van der Waals surface area contributed by atoms with Crippen LogP contribution in [0, 0.1) is 16.0 Å². The van der Waals surface area contributed by atoms with Gasteiger partial charge in [-0.2, -0.15) is 0 Å². The van der Waals surface area contributed by atoms with E-state index in [4.69, 9.17) is 4.74 Å². The van der Waals surface area contributed by atoms with Gasteiger partial charge >= 0.3 is 0 Å². The number of hydrogen-bond acceptors (Lipinski definition) is 5. The number of anilines is 1. The summed E-state index contributed by atoms with van der Waals surface area (Å²) in [6.45, 7) is 3.02. The minimum atomic E-state index is -0.390. The Bertz CT molecular complexity index is 479. The zero-order valence-corrected chi connectivity index (χ0v) is 12.0. The van der Waals surface area contributed by atoms with Crippen molar-refractivity contribution >= 4 is 11.4 Å². The number of nitrogens with one attached hydrogen (secondary N) is 1. The van der Waals surface area contributed by atoms with Crippen molar-refractivity contribution in [1.82, 2.24) is 4.90 Å². The molecule has 1 aromatic rings. The molecular weight excluding hydrogens is 258 g/mol. The lowest BCUT2D eigenvalue weighted by Gasteiger charge is -2.30. The maximum Gasteiger partial charge on any atom is 0.271 e. The van der Waals surface area contributed by atoms with Gasteiger partial charge in [0.25, 0.3) is 5.69 Å². The molecular formula is C14H21N3O3. The highest BCUT2D eigenvalue weighted by molar-refractivity contribution is 5.61. The molecule has 20 heavy (non-hydrogen) atoms. The van der Waals surface area contributed by atoms with E-state index in [1.54, 1.807) is 13.2 Å². The molecule has 110 valence electrons. The molecule has 0 saturated carbocycles. The molecule has 1 aliphatic heterocycles. The molecule has 0 aliphatic carbocycles. The van der Waals surface area contributed by atoms with Crippen molar-refractivity contribution in [3.05, 3.63) is 28.3 Å². The van der Waals surface area contributed by atoms with E-state index in [1.807, 2.05) is 0 Å². The second-order valence-corrected chi connectivity index (χ2v) is 5.29. The van der Waals surface area contributed by atoms with Crippen molar-refractivity contribution in [3.8, 4) is 5.75 Å². The van der Waals surface area contributed by atoms with Gasteiger partial charge in [0.15, 0.2) is 0 Å². The number of benzene rings is 1. The van der Waals surface area contributed by atoms with Gasteiger partial charge in [0, 0.05) is 25.2 Å². The van der Waals surface area contributed by atoms with Crippen molar-refractivity contribution in [2.45, 2.75) is 12.8 Å². The van der Waals surface area contributed by atoms with Crippen LogP contribution in [-0.4, -0.2) is 43.6 Å². The highest BCUT2D eigenvalue weighted by atomic mass is 16.6. The molecule has 1 fully saturated rings. The van der Waals surface area contributed by atoms with E-state index in [0.717, 1.165) is 19.6 Å². The molecule has 2 rings (SSSR count). The molecule has 1 heterocycles. The van der Waals surface area contributed by atoms with Crippen LogP contribution in [0.1, 0.15) is 12.8 Å². The van der Waals surface area contributed by atoms with Gasteiger partial charge < -0.3 is 15.0 Å². The highest BCUT2D eigenvalue weighted by Gasteiger charge is 2.18. The summed E-state index contributed by atoms with van der Waals surface area (Å²) in [6, 6.07) is 4.62. The van der Waals surface area contributed by atoms with Crippen LogP contribution in [-0.2, 0) is 0 Å². The van der Waals surface area contributed by atoms with Crippen LogP contribution in [0.15, 0.2) is 18.2 Å². The lowest BCUT2D eigenvalue weighted by Crippen LogP contribution is -2.35. The molecule has 0 bridgehead atoms. The molecule has 6 nitrogen and oxygen atoms in total. The second-order valence-electron chi connectivity index (χ2n) is 5.29. The van der Waals surface area contributed by atoms with Gasteiger partial charge in [-0.3, -0.25) is 10.1 Å². The molecule has 1 unspecified atom stereocenters. The molecule has 1 atom stereocenters. The van der Waals surface area contributed by atoms with E-state index in [0.29, 0.717) is 17.4 Å². The fraction of sp³-hybridized carbons (Fsp3) is 0.571. The van der Waals surface area contributed by atoms with Gasteiger partial charge in [-0.15, -0.1) is 0 Å². The zero-order chi connectivity index (χ0) is 14.5. The topological polar surface area (TPSA) is 67.6 Å². The lowest BCUT2D eigenvalue weighted by atomic mass is 9.98. The number of piperidine rings is 1. The van der Waals surface area contributed by atoms with E-state index in [9.17, 15) is 10.1 Å². The predicted octanol–water partition coefficient (Wildman–Crippen LogP) is 2.36. The maximum atomic E-state index is 10.8. The van der Waals surface area contributed by atoms with E-state index in [1.165, 1.54) is 25.0 Å². The van der Waals surface area contributed by atoms with Crippen molar-refractivity contribution in [1.29, 1.82) is 0 Å². The number of nitro groups is 1. The summed E-state index contributed by atoms with van der Waals surface area (Å²) in [4.78, 5) is 12.8. The van der Waals surface area contributed by atoms with Crippen LogP contribution in [0.3, 0.4) is 0 Å². The van der Waals surface area contributed by atoms with Gasteiger partial charge in [-0.1, -0.05) is 0 Å². The minimum Gasteiger partial charge on any atom is -0.495 e. The van der Waals surface area contributed by atoms with E-state index in [-0.39, 0.29) is 10.6 Å². The largest absolute Gasteiger partial charge is 0.495 e. The van der Waals surface area contributed by atoms with Crippen LogP contribution in [0.2, 0.25) is 0 Å². The van der Waals surface area contributed by atoms with Crippen LogP contribution in [0.5, 0.6) is 5.75 Å². The van der Waals surface area contributed by atoms with Crippen molar-refractivity contribution in [2.24, 2.45) is 5.92 Å². The maximum absolute atomic E-state index is 10.8. The Balaban J connectivity index is 2.03. The molecule has 0 amide bonds. The number of hydrogen-bond donors (Lipinski definition) is 1. The molecule has 0 spiro atoms. The third-order valence-electron chi connectivity index (χ3n) is 3.70. The summed E-state index contributed by atoms with van der Waals surface area (Å²) in [6.07, 6.45) is 2.39.